The van der Waals surface area contributed by atoms with Gasteiger partial charge in [-0.1, -0.05) is 127 Å². The lowest BCUT2D eigenvalue weighted by molar-refractivity contribution is 1.07. The van der Waals surface area contributed by atoms with Gasteiger partial charge in [0.05, 0.1) is 27.6 Å². The number of hydrogen-bond donors (Lipinski definition) is 0. The minimum atomic E-state index is 0.640. The second-order valence-electron chi connectivity index (χ2n) is 14.0. The van der Waals surface area contributed by atoms with Gasteiger partial charge in [-0.3, -0.25) is 0 Å². The molecule has 0 fully saturated rings. The standard InChI is InChI=1S/C49H29N5/c1-3-13-31(14-4-1)47-50-48(32-15-5-2-6-16-32)52-49(51-47)33-22-25-34(26-23-33)53-42-27-24-30-12-7-8-17-35(30)45(42)40-28-39-38-20-11-19-37-36-18-9-10-21-41(36)54(46(37)38)43(39)29-44(40)53/h1-29H. The lowest BCUT2D eigenvalue weighted by Crippen LogP contribution is -2.00. The Labute approximate surface area is 309 Å². The van der Waals surface area contributed by atoms with E-state index in [2.05, 4.69) is 124 Å². The molecule has 0 unspecified atom stereocenters. The second kappa shape index (κ2) is 11.1. The molecule has 5 nitrogen and oxygen atoms in total. The molecule has 0 N–H and O–H groups in total. The van der Waals surface area contributed by atoms with Crippen LogP contribution in [0.4, 0.5) is 0 Å². The number of fused-ring (bicyclic) bond motifs is 11. The lowest BCUT2D eigenvalue weighted by Gasteiger charge is -2.11. The van der Waals surface area contributed by atoms with Crippen LogP contribution in [0.5, 0.6) is 0 Å². The predicted molar refractivity (Wildman–Crippen MR) is 223 cm³/mol. The number of benzene rings is 8. The summed E-state index contributed by atoms with van der Waals surface area (Å²) in [5.74, 6) is 1.94. The summed E-state index contributed by atoms with van der Waals surface area (Å²) in [6.45, 7) is 0. The molecule has 0 aliphatic heterocycles. The molecule has 0 bridgehead atoms. The van der Waals surface area contributed by atoms with Crippen molar-refractivity contribution in [2.45, 2.75) is 0 Å². The first kappa shape index (κ1) is 29.2. The minimum Gasteiger partial charge on any atom is -0.309 e. The largest absolute Gasteiger partial charge is 0.309 e. The molecule has 0 aliphatic rings. The molecule has 12 rings (SSSR count). The molecule has 5 heteroatoms. The zero-order valence-electron chi connectivity index (χ0n) is 29.0. The molecule has 0 saturated heterocycles. The Morgan fingerprint density at radius 2 is 0.907 bits per heavy atom. The van der Waals surface area contributed by atoms with Crippen molar-refractivity contribution in [3.8, 4) is 39.9 Å². The quantitative estimate of drug-likeness (QED) is 0.185. The number of rotatable bonds is 4. The van der Waals surface area contributed by atoms with E-state index in [1.54, 1.807) is 0 Å². The van der Waals surface area contributed by atoms with Crippen molar-refractivity contribution in [1.29, 1.82) is 0 Å². The van der Waals surface area contributed by atoms with Gasteiger partial charge in [-0.15, -0.1) is 0 Å². The number of nitrogens with zero attached hydrogens (tertiary/aromatic N) is 5. The summed E-state index contributed by atoms with van der Waals surface area (Å²) in [5.41, 5.74) is 9.99. The van der Waals surface area contributed by atoms with E-state index in [1.165, 1.54) is 70.7 Å². The Morgan fingerprint density at radius 3 is 1.61 bits per heavy atom. The van der Waals surface area contributed by atoms with Gasteiger partial charge in [0.2, 0.25) is 0 Å². The molecule has 0 atom stereocenters. The molecular formula is C49H29N5. The molecule has 0 saturated carbocycles. The normalized spacial score (nSPS) is 12.1. The van der Waals surface area contributed by atoms with Crippen LogP contribution < -0.4 is 0 Å². The Balaban J connectivity index is 1.11. The Morgan fingerprint density at radius 1 is 0.333 bits per heavy atom. The third-order valence-electron chi connectivity index (χ3n) is 11.1. The van der Waals surface area contributed by atoms with Crippen molar-refractivity contribution in [3.63, 3.8) is 0 Å². The first-order valence-corrected chi connectivity index (χ1v) is 18.3. The van der Waals surface area contributed by atoms with E-state index in [4.69, 9.17) is 15.0 Å². The van der Waals surface area contributed by atoms with Crippen molar-refractivity contribution >= 4 is 70.7 Å². The van der Waals surface area contributed by atoms with E-state index >= 15 is 0 Å². The third kappa shape index (κ3) is 4.12. The monoisotopic (exact) mass is 687 g/mol. The SMILES string of the molecule is c1ccc(-c2nc(-c3ccccc3)nc(-c3ccc(-n4c5cc6c(cc5c5c7ccccc7ccc54)c4cccc5c7ccccc7n6c54)cc3)n2)cc1. The van der Waals surface area contributed by atoms with Crippen molar-refractivity contribution in [2.24, 2.45) is 0 Å². The van der Waals surface area contributed by atoms with Crippen LogP contribution in [0.25, 0.3) is 111 Å². The minimum absolute atomic E-state index is 0.640. The van der Waals surface area contributed by atoms with Gasteiger partial charge in [0.25, 0.3) is 0 Å². The lowest BCUT2D eigenvalue weighted by atomic mass is 10.0. The summed E-state index contributed by atoms with van der Waals surface area (Å²) in [7, 11) is 0. The molecule has 0 radical (unpaired) electrons. The van der Waals surface area contributed by atoms with Crippen LogP contribution >= 0.6 is 0 Å². The van der Waals surface area contributed by atoms with E-state index in [0.717, 1.165) is 22.4 Å². The topological polar surface area (TPSA) is 48.0 Å². The van der Waals surface area contributed by atoms with Crippen molar-refractivity contribution in [2.75, 3.05) is 0 Å². The maximum atomic E-state index is 4.99. The van der Waals surface area contributed by atoms with Crippen LogP contribution in [0.15, 0.2) is 176 Å². The predicted octanol–water partition coefficient (Wildman–Crippen LogP) is 12.3. The molecule has 12 aromatic rings. The zero-order chi connectivity index (χ0) is 35.3. The molecule has 4 aromatic heterocycles. The Kier molecular flexibility index (Phi) is 5.99. The van der Waals surface area contributed by atoms with E-state index in [-0.39, 0.29) is 0 Å². The molecular weight excluding hydrogens is 659 g/mol. The summed E-state index contributed by atoms with van der Waals surface area (Å²) in [6, 6.07) is 62.5. The van der Waals surface area contributed by atoms with Crippen LogP contribution in [0.1, 0.15) is 0 Å². The highest BCUT2D eigenvalue weighted by Gasteiger charge is 2.22. The van der Waals surface area contributed by atoms with Gasteiger partial charge in [-0.2, -0.15) is 0 Å². The molecule has 8 aromatic carbocycles. The van der Waals surface area contributed by atoms with Crippen LogP contribution in [-0.4, -0.2) is 23.9 Å². The maximum absolute atomic E-state index is 4.99. The van der Waals surface area contributed by atoms with Gasteiger partial charge < -0.3 is 8.97 Å². The average molecular weight is 688 g/mol. The molecule has 0 spiro atoms. The fraction of sp³-hybridized carbons (Fsp3) is 0. The number of aromatic nitrogens is 5. The fourth-order valence-corrected chi connectivity index (χ4v) is 8.68. The van der Waals surface area contributed by atoms with Gasteiger partial charge in [0, 0.05) is 54.7 Å². The highest BCUT2D eigenvalue weighted by atomic mass is 15.0. The van der Waals surface area contributed by atoms with E-state index in [1.807, 2.05) is 60.7 Å². The summed E-state index contributed by atoms with van der Waals surface area (Å²) in [6.07, 6.45) is 0. The Bertz CT molecular complexity index is 3360. The first-order chi connectivity index (χ1) is 26.8. The van der Waals surface area contributed by atoms with Gasteiger partial charge >= 0.3 is 0 Å². The summed E-state index contributed by atoms with van der Waals surface area (Å²) >= 11 is 0. The van der Waals surface area contributed by atoms with Gasteiger partial charge in [-0.05, 0) is 59.3 Å². The van der Waals surface area contributed by atoms with Gasteiger partial charge in [0.1, 0.15) is 0 Å². The van der Waals surface area contributed by atoms with Crippen LogP contribution in [-0.2, 0) is 0 Å². The molecule has 250 valence electrons. The zero-order valence-corrected chi connectivity index (χ0v) is 29.0. The van der Waals surface area contributed by atoms with Crippen molar-refractivity contribution < 1.29 is 0 Å². The summed E-state index contributed by atoms with van der Waals surface area (Å²) < 4.78 is 4.89. The van der Waals surface area contributed by atoms with Crippen LogP contribution in [0.3, 0.4) is 0 Å². The molecule has 4 heterocycles. The number of hydrogen-bond acceptors (Lipinski definition) is 3. The molecule has 54 heavy (non-hydrogen) atoms. The van der Waals surface area contributed by atoms with E-state index in [9.17, 15) is 0 Å². The fourth-order valence-electron chi connectivity index (χ4n) is 8.68. The van der Waals surface area contributed by atoms with Crippen LogP contribution in [0.2, 0.25) is 0 Å². The Hall–Kier alpha value is -7.37. The van der Waals surface area contributed by atoms with Crippen molar-refractivity contribution in [1.82, 2.24) is 23.9 Å². The van der Waals surface area contributed by atoms with Gasteiger partial charge in [0.15, 0.2) is 17.5 Å². The average Bonchev–Trinajstić information content (AvgIpc) is 3.88. The number of para-hydroxylation sites is 2. The second-order valence-corrected chi connectivity index (χ2v) is 14.0. The van der Waals surface area contributed by atoms with Crippen LogP contribution in [0, 0.1) is 0 Å². The molecule has 0 aliphatic carbocycles. The summed E-state index contributed by atoms with van der Waals surface area (Å²) in [4.78, 5) is 14.9. The van der Waals surface area contributed by atoms with Crippen molar-refractivity contribution in [3.05, 3.63) is 176 Å². The molecule has 0 amide bonds. The third-order valence-corrected chi connectivity index (χ3v) is 11.1. The summed E-state index contributed by atoms with van der Waals surface area (Å²) in [5, 5.41) is 10.1. The van der Waals surface area contributed by atoms with E-state index < -0.39 is 0 Å². The smallest absolute Gasteiger partial charge is 0.164 e. The highest BCUT2D eigenvalue weighted by Crippen LogP contribution is 2.44. The first-order valence-electron chi connectivity index (χ1n) is 18.3. The maximum Gasteiger partial charge on any atom is 0.164 e. The van der Waals surface area contributed by atoms with E-state index in [0.29, 0.717) is 17.5 Å². The highest BCUT2D eigenvalue weighted by molar-refractivity contribution is 6.28. The van der Waals surface area contributed by atoms with Gasteiger partial charge in [-0.25, -0.2) is 15.0 Å².